The number of nitriles is 1. The first-order chi connectivity index (χ1) is 9.69. The Balaban J connectivity index is 2.38. The third-order valence-electron chi connectivity index (χ3n) is 2.60. The van der Waals surface area contributed by atoms with Crippen LogP contribution < -0.4 is 15.4 Å². The number of rotatable bonds is 4. The van der Waals surface area contributed by atoms with Crippen LogP contribution in [0.3, 0.4) is 0 Å². The average Bonchev–Trinajstić information content (AvgIpc) is 2.48. The number of ether oxygens (including phenoxy) is 1. The number of halogens is 1. The Bertz CT molecular complexity index is 668. The van der Waals surface area contributed by atoms with E-state index in [2.05, 4.69) is 20.6 Å². The van der Waals surface area contributed by atoms with E-state index >= 15 is 0 Å². The first-order valence-electron chi connectivity index (χ1n) is 5.73. The number of aromatic nitrogens is 2. The summed E-state index contributed by atoms with van der Waals surface area (Å²) in [5.74, 6) is 1.53. The van der Waals surface area contributed by atoms with Gasteiger partial charge >= 0.3 is 0 Å². The molecule has 0 aliphatic heterocycles. The van der Waals surface area contributed by atoms with Crippen LogP contribution in [0.4, 0.5) is 17.3 Å². The van der Waals surface area contributed by atoms with Gasteiger partial charge in [0.05, 0.1) is 29.5 Å². The molecule has 0 radical (unpaired) electrons. The zero-order chi connectivity index (χ0) is 14.5. The van der Waals surface area contributed by atoms with Gasteiger partial charge in [-0.05, 0) is 18.2 Å². The van der Waals surface area contributed by atoms with Crippen LogP contribution in [0.2, 0.25) is 5.02 Å². The van der Waals surface area contributed by atoms with Gasteiger partial charge < -0.3 is 15.4 Å². The maximum Gasteiger partial charge on any atom is 0.204 e. The fourth-order valence-corrected chi connectivity index (χ4v) is 1.88. The number of hydrogen-bond acceptors (Lipinski definition) is 6. The fraction of sp³-hybridized carbons (Fsp3) is 0.154. The number of nitrogens with one attached hydrogen (secondary N) is 2. The van der Waals surface area contributed by atoms with E-state index in [4.69, 9.17) is 21.6 Å². The standard InChI is InChI=1S/C13H12ClN5O/c1-16-12-11(20-2)13(18-7-17-12)19-10-4-3-8(6-15)5-9(10)14/h3-5,7H,1-2H3,(H2,16,17,18,19). The quantitative estimate of drug-likeness (QED) is 0.900. The molecule has 0 saturated heterocycles. The maximum absolute atomic E-state index is 8.82. The van der Waals surface area contributed by atoms with Crippen LogP contribution in [-0.2, 0) is 0 Å². The summed E-state index contributed by atoms with van der Waals surface area (Å²) in [6, 6.07) is 6.98. The van der Waals surface area contributed by atoms with Gasteiger partial charge in [-0.3, -0.25) is 0 Å². The Morgan fingerprint density at radius 2 is 2.05 bits per heavy atom. The lowest BCUT2D eigenvalue weighted by Gasteiger charge is -2.13. The topological polar surface area (TPSA) is 82.9 Å². The zero-order valence-corrected chi connectivity index (χ0v) is 11.7. The van der Waals surface area contributed by atoms with Crippen molar-refractivity contribution in [3.05, 3.63) is 35.1 Å². The molecule has 0 bridgehead atoms. The predicted octanol–water partition coefficient (Wildman–Crippen LogP) is 2.80. The highest BCUT2D eigenvalue weighted by atomic mass is 35.5. The number of hydrogen-bond donors (Lipinski definition) is 2. The van der Waals surface area contributed by atoms with Crippen molar-refractivity contribution in [3.8, 4) is 11.8 Å². The molecule has 20 heavy (non-hydrogen) atoms. The van der Waals surface area contributed by atoms with Crippen molar-refractivity contribution in [1.29, 1.82) is 5.26 Å². The summed E-state index contributed by atoms with van der Waals surface area (Å²) in [4.78, 5) is 8.18. The van der Waals surface area contributed by atoms with Gasteiger partial charge in [-0.2, -0.15) is 5.26 Å². The summed E-state index contributed by atoms with van der Waals surface area (Å²) in [5, 5.41) is 15.2. The molecule has 0 saturated carbocycles. The van der Waals surface area contributed by atoms with Gasteiger partial charge in [0, 0.05) is 7.05 Å². The third-order valence-corrected chi connectivity index (χ3v) is 2.91. The molecule has 102 valence electrons. The van der Waals surface area contributed by atoms with Gasteiger partial charge in [0.25, 0.3) is 0 Å². The largest absolute Gasteiger partial charge is 0.490 e. The first kappa shape index (κ1) is 13.9. The Hall–Kier alpha value is -2.52. The predicted molar refractivity (Wildman–Crippen MR) is 77.6 cm³/mol. The van der Waals surface area contributed by atoms with Crippen LogP contribution >= 0.6 is 11.6 Å². The molecule has 0 amide bonds. The van der Waals surface area contributed by atoms with Crippen LogP contribution in [0.1, 0.15) is 5.56 Å². The molecule has 0 aliphatic rings. The molecular formula is C13H12ClN5O. The van der Waals surface area contributed by atoms with E-state index in [1.54, 1.807) is 25.2 Å². The summed E-state index contributed by atoms with van der Waals surface area (Å²) in [6.45, 7) is 0. The van der Waals surface area contributed by atoms with Crippen LogP contribution in [0.15, 0.2) is 24.5 Å². The summed E-state index contributed by atoms with van der Waals surface area (Å²) < 4.78 is 5.28. The molecule has 1 aromatic heterocycles. The number of anilines is 3. The normalized spacial score (nSPS) is 9.70. The number of nitrogens with zero attached hydrogens (tertiary/aromatic N) is 3. The smallest absolute Gasteiger partial charge is 0.204 e. The molecule has 7 heteroatoms. The molecule has 1 heterocycles. The number of benzene rings is 1. The monoisotopic (exact) mass is 289 g/mol. The zero-order valence-electron chi connectivity index (χ0n) is 10.9. The Kier molecular flexibility index (Phi) is 4.23. The Labute approximate surface area is 121 Å². The lowest BCUT2D eigenvalue weighted by atomic mass is 10.2. The lowest BCUT2D eigenvalue weighted by molar-refractivity contribution is 0.415. The van der Waals surface area contributed by atoms with Crippen molar-refractivity contribution in [2.75, 3.05) is 24.8 Å². The molecule has 0 atom stereocenters. The van der Waals surface area contributed by atoms with Crippen LogP contribution in [0.25, 0.3) is 0 Å². The highest BCUT2D eigenvalue weighted by Crippen LogP contribution is 2.33. The highest BCUT2D eigenvalue weighted by molar-refractivity contribution is 6.33. The van der Waals surface area contributed by atoms with E-state index in [0.717, 1.165) is 0 Å². The van der Waals surface area contributed by atoms with Gasteiger partial charge in [0.2, 0.25) is 5.75 Å². The molecule has 0 fully saturated rings. The summed E-state index contributed by atoms with van der Waals surface area (Å²) in [6.07, 6.45) is 1.41. The van der Waals surface area contributed by atoms with Crippen molar-refractivity contribution in [1.82, 2.24) is 9.97 Å². The van der Waals surface area contributed by atoms with Crippen LogP contribution in [0, 0.1) is 11.3 Å². The molecule has 0 spiro atoms. The third kappa shape index (κ3) is 2.73. The molecule has 0 aliphatic carbocycles. The SMILES string of the molecule is CNc1ncnc(Nc2ccc(C#N)cc2Cl)c1OC. The average molecular weight is 290 g/mol. The van der Waals surface area contributed by atoms with Crippen molar-refractivity contribution in [2.24, 2.45) is 0 Å². The van der Waals surface area contributed by atoms with Crippen LogP contribution in [0.5, 0.6) is 5.75 Å². The molecule has 2 N–H and O–H groups in total. The van der Waals surface area contributed by atoms with Crippen molar-refractivity contribution in [2.45, 2.75) is 0 Å². The van der Waals surface area contributed by atoms with E-state index in [0.29, 0.717) is 33.7 Å². The van der Waals surface area contributed by atoms with E-state index in [9.17, 15) is 0 Å². The van der Waals surface area contributed by atoms with E-state index in [1.165, 1.54) is 13.4 Å². The summed E-state index contributed by atoms with van der Waals surface area (Å²) in [5.41, 5.74) is 1.12. The van der Waals surface area contributed by atoms with E-state index in [1.807, 2.05) is 6.07 Å². The minimum atomic E-state index is 0.427. The molecular weight excluding hydrogens is 278 g/mol. The molecule has 6 nitrogen and oxygen atoms in total. The van der Waals surface area contributed by atoms with Crippen molar-refractivity contribution in [3.63, 3.8) is 0 Å². The minimum Gasteiger partial charge on any atom is -0.490 e. The van der Waals surface area contributed by atoms with Crippen LogP contribution in [-0.4, -0.2) is 24.1 Å². The Morgan fingerprint density at radius 3 is 2.65 bits per heavy atom. The lowest BCUT2D eigenvalue weighted by Crippen LogP contribution is -2.03. The van der Waals surface area contributed by atoms with Gasteiger partial charge in [0.1, 0.15) is 6.33 Å². The van der Waals surface area contributed by atoms with Gasteiger partial charge in [-0.25, -0.2) is 9.97 Å². The molecule has 0 unspecified atom stereocenters. The second kappa shape index (κ2) is 6.08. The summed E-state index contributed by atoms with van der Waals surface area (Å²) in [7, 11) is 3.27. The fourth-order valence-electron chi connectivity index (χ4n) is 1.65. The van der Waals surface area contributed by atoms with Gasteiger partial charge in [0.15, 0.2) is 11.6 Å². The first-order valence-corrected chi connectivity index (χ1v) is 6.10. The van der Waals surface area contributed by atoms with Gasteiger partial charge in [-0.15, -0.1) is 0 Å². The van der Waals surface area contributed by atoms with Crippen molar-refractivity contribution < 1.29 is 4.74 Å². The highest BCUT2D eigenvalue weighted by Gasteiger charge is 2.12. The van der Waals surface area contributed by atoms with E-state index in [-0.39, 0.29) is 0 Å². The number of methoxy groups -OCH3 is 1. The van der Waals surface area contributed by atoms with Gasteiger partial charge in [-0.1, -0.05) is 11.6 Å². The van der Waals surface area contributed by atoms with Crippen molar-refractivity contribution >= 4 is 28.9 Å². The second-order valence-corrected chi connectivity index (χ2v) is 4.19. The Morgan fingerprint density at radius 1 is 1.30 bits per heavy atom. The molecule has 2 rings (SSSR count). The summed E-state index contributed by atoms with van der Waals surface area (Å²) >= 11 is 6.11. The molecule has 1 aromatic carbocycles. The maximum atomic E-state index is 8.82. The second-order valence-electron chi connectivity index (χ2n) is 3.79. The molecule has 2 aromatic rings. The minimum absolute atomic E-state index is 0.427. The van der Waals surface area contributed by atoms with E-state index < -0.39 is 0 Å².